The maximum atomic E-state index is 5.82. The lowest BCUT2D eigenvalue weighted by Gasteiger charge is -2.21. The van der Waals surface area contributed by atoms with Crippen LogP contribution in [0.3, 0.4) is 0 Å². The van der Waals surface area contributed by atoms with E-state index >= 15 is 0 Å². The first-order valence-electron chi connectivity index (χ1n) is 10.1. The summed E-state index contributed by atoms with van der Waals surface area (Å²) in [6.07, 6.45) is 1.25. The molecule has 28 heavy (non-hydrogen) atoms. The van der Waals surface area contributed by atoms with Crippen molar-refractivity contribution in [1.82, 2.24) is 20.4 Å². The van der Waals surface area contributed by atoms with E-state index in [9.17, 15) is 0 Å². The molecule has 0 bridgehead atoms. The Morgan fingerprint density at radius 3 is 2.68 bits per heavy atom. The second-order valence-electron chi connectivity index (χ2n) is 7.48. The summed E-state index contributed by atoms with van der Waals surface area (Å²) in [4.78, 5) is 9.27. The number of benzene rings is 1. The molecule has 0 aromatic heterocycles. The molecule has 1 heterocycles. The second kappa shape index (κ2) is 15.0. The summed E-state index contributed by atoms with van der Waals surface area (Å²) in [5, 5.41) is 6.84. The van der Waals surface area contributed by atoms with Gasteiger partial charge in [-0.3, -0.25) is 4.99 Å². The quantitative estimate of drug-likeness (QED) is 0.308. The van der Waals surface area contributed by atoms with Crippen molar-refractivity contribution in [2.75, 3.05) is 66.5 Å². The van der Waals surface area contributed by atoms with Crippen molar-refractivity contribution in [3.63, 3.8) is 0 Å². The fourth-order valence-electron chi connectivity index (χ4n) is 3.16. The number of rotatable bonds is 9. The van der Waals surface area contributed by atoms with Crippen LogP contribution in [0.2, 0.25) is 0 Å². The van der Waals surface area contributed by atoms with E-state index in [1.807, 2.05) is 25.2 Å². The maximum Gasteiger partial charge on any atom is 0.191 e. The van der Waals surface area contributed by atoms with E-state index < -0.39 is 0 Å². The molecule has 0 radical (unpaired) electrons. The van der Waals surface area contributed by atoms with Gasteiger partial charge in [-0.05, 0) is 38.0 Å². The predicted octanol–water partition coefficient (Wildman–Crippen LogP) is 2.26. The first-order valence-corrected chi connectivity index (χ1v) is 10.1. The molecular weight excluding hydrogens is 465 g/mol. The van der Waals surface area contributed by atoms with Gasteiger partial charge >= 0.3 is 0 Å². The van der Waals surface area contributed by atoms with Crippen LogP contribution in [0.1, 0.15) is 18.9 Å². The minimum Gasteiger partial charge on any atom is -0.376 e. The number of nitrogens with zero attached hydrogens (tertiary/aromatic N) is 3. The zero-order valence-corrected chi connectivity index (χ0v) is 20.0. The minimum absolute atomic E-state index is 0. The molecule has 7 heteroatoms. The highest BCUT2D eigenvalue weighted by Crippen LogP contribution is 2.03. The summed E-state index contributed by atoms with van der Waals surface area (Å²) in [6.45, 7) is 11.1. The van der Waals surface area contributed by atoms with Gasteiger partial charge in [0, 0.05) is 39.8 Å². The van der Waals surface area contributed by atoms with Gasteiger partial charge in [0.2, 0.25) is 0 Å². The van der Waals surface area contributed by atoms with Gasteiger partial charge < -0.3 is 25.2 Å². The third-order valence-corrected chi connectivity index (χ3v) is 4.89. The van der Waals surface area contributed by atoms with Gasteiger partial charge in [0.25, 0.3) is 0 Å². The molecule has 1 aliphatic heterocycles. The second-order valence-corrected chi connectivity index (χ2v) is 7.48. The van der Waals surface area contributed by atoms with Crippen molar-refractivity contribution in [2.24, 2.45) is 10.9 Å². The van der Waals surface area contributed by atoms with Crippen LogP contribution in [0.4, 0.5) is 0 Å². The zero-order valence-electron chi connectivity index (χ0n) is 17.7. The number of hydrogen-bond donors (Lipinski definition) is 2. The molecule has 0 amide bonds. The largest absolute Gasteiger partial charge is 0.376 e. The number of ether oxygens (including phenoxy) is 1. The first kappa shape index (κ1) is 25.1. The number of aliphatic imine (C=N–C) groups is 1. The van der Waals surface area contributed by atoms with Gasteiger partial charge in [0.05, 0.1) is 13.2 Å². The molecule has 0 aliphatic carbocycles. The normalized spacial score (nSPS) is 17.5. The number of halogens is 1. The number of guanidine groups is 1. The number of nitrogens with one attached hydrogen (secondary N) is 2. The third kappa shape index (κ3) is 10.6. The summed E-state index contributed by atoms with van der Waals surface area (Å²) in [5.41, 5.74) is 1.22. The van der Waals surface area contributed by atoms with Crippen molar-refractivity contribution < 1.29 is 4.74 Å². The molecule has 1 fully saturated rings. The maximum absolute atomic E-state index is 5.82. The highest BCUT2D eigenvalue weighted by atomic mass is 127. The number of hydrogen-bond acceptors (Lipinski definition) is 4. The molecule has 0 saturated carbocycles. The Bertz CT molecular complexity index is 543. The van der Waals surface area contributed by atoms with Crippen LogP contribution in [-0.2, 0) is 11.3 Å². The SMILES string of the molecule is CN=C(NCCN1CCCN(C)CC1)NCC(C)COCc1ccccc1.I. The molecule has 1 aromatic carbocycles. The summed E-state index contributed by atoms with van der Waals surface area (Å²) < 4.78 is 5.82. The summed E-state index contributed by atoms with van der Waals surface area (Å²) in [7, 11) is 4.03. The Labute approximate surface area is 188 Å². The monoisotopic (exact) mass is 503 g/mol. The van der Waals surface area contributed by atoms with Gasteiger partial charge in [-0.2, -0.15) is 0 Å². The van der Waals surface area contributed by atoms with E-state index in [-0.39, 0.29) is 24.0 Å². The van der Waals surface area contributed by atoms with E-state index in [1.54, 1.807) is 0 Å². The molecule has 1 unspecified atom stereocenters. The summed E-state index contributed by atoms with van der Waals surface area (Å²) in [6, 6.07) is 10.3. The highest BCUT2D eigenvalue weighted by Gasteiger charge is 2.11. The van der Waals surface area contributed by atoms with Gasteiger partial charge in [0.1, 0.15) is 0 Å². The molecule has 1 aromatic rings. The smallest absolute Gasteiger partial charge is 0.191 e. The lowest BCUT2D eigenvalue weighted by molar-refractivity contribution is 0.0931. The molecule has 2 N–H and O–H groups in total. The lowest BCUT2D eigenvalue weighted by atomic mass is 10.2. The Balaban J connectivity index is 0.00000392. The van der Waals surface area contributed by atoms with E-state index in [1.165, 1.54) is 25.1 Å². The van der Waals surface area contributed by atoms with Gasteiger partial charge in [-0.15, -0.1) is 24.0 Å². The van der Waals surface area contributed by atoms with Crippen molar-refractivity contribution in [3.8, 4) is 0 Å². The van der Waals surface area contributed by atoms with Crippen LogP contribution in [0.5, 0.6) is 0 Å². The predicted molar refractivity (Wildman–Crippen MR) is 129 cm³/mol. The highest BCUT2D eigenvalue weighted by molar-refractivity contribution is 14.0. The van der Waals surface area contributed by atoms with Crippen LogP contribution >= 0.6 is 24.0 Å². The molecule has 1 atom stereocenters. The molecular formula is C21H38IN5O. The topological polar surface area (TPSA) is 52.1 Å². The van der Waals surface area contributed by atoms with E-state index in [0.29, 0.717) is 12.5 Å². The zero-order chi connectivity index (χ0) is 19.3. The molecule has 1 aliphatic rings. The van der Waals surface area contributed by atoms with Crippen LogP contribution in [-0.4, -0.2) is 82.3 Å². The van der Waals surface area contributed by atoms with Crippen molar-refractivity contribution in [1.29, 1.82) is 0 Å². The van der Waals surface area contributed by atoms with E-state index in [2.05, 4.69) is 51.5 Å². The standard InChI is InChI=1S/C21H37N5O.HI/c1-19(17-27-18-20-8-5-4-6-9-20)16-24-21(22-2)23-10-13-26-12-7-11-25(3)14-15-26;/h4-6,8-9,19H,7,10-18H2,1-3H3,(H2,22,23,24);1H. The van der Waals surface area contributed by atoms with Gasteiger partial charge in [-0.25, -0.2) is 0 Å². The number of likely N-dealkylation sites (N-methyl/N-ethyl adjacent to an activating group) is 1. The van der Waals surface area contributed by atoms with Crippen LogP contribution in [0, 0.1) is 5.92 Å². The minimum atomic E-state index is 0. The summed E-state index contributed by atoms with van der Waals surface area (Å²) in [5.74, 6) is 1.30. The fraction of sp³-hybridized carbons (Fsp3) is 0.667. The molecule has 0 spiro atoms. The van der Waals surface area contributed by atoms with E-state index in [0.717, 1.165) is 45.3 Å². The van der Waals surface area contributed by atoms with Gasteiger partial charge in [-0.1, -0.05) is 37.3 Å². The molecule has 2 rings (SSSR count). The van der Waals surface area contributed by atoms with Crippen molar-refractivity contribution in [3.05, 3.63) is 35.9 Å². The van der Waals surface area contributed by atoms with E-state index in [4.69, 9.17) is 4.74 Å². The van der Waals surface area contributed by atoms with Crippen molar-refractivity contribution in [2.45, 2.75) is 20.0 Å². The van der Waals surface area contributed by atoms with Crippen LogP contribution < -0.4 is 10.6 Å². The fourth-order valence-corrected chi connectivity index (χ4v) is 3.16. The van der Waals surface area contributed by atoms with Crippen LogP contribution in [0.15, 0.2) is 35.3 Å². The van der Waals surface area contributed by atoms with Crippen LogP contribution in [0.25, 0.3) is 0 Å². The molecule has 6 nitrogen and oxygen atoms in total. The van der Waals surface area contributed by atoms with Crippen molar-refractivity contribution >= 4 is 29.9 Å². The Morgan fingerprint density at radius 1 is 1.14 bits per heavy atom. The molecule has 1 saturated heterocycles. The van der Waals surface area contributed by atoms with Gasteiger partial charge in [0.15, 0.2) is 5.96 Å². The Hall–Kier alpha value is -0.900. The average Bonchev–Trinajstić information content (AvgIpc) is 2.89. The third-order valence-electron chi connectivity index (χ3n) is 4.89. The first-order chi connectivity index (χ1) is 13.2. The average molecular weight is 503 g/mol. The Morgan fingerprint density at radius 2 is 1.93 bits per heavy atom. The Kier molecular flexibility index (Phi) is 13.5. The summed E-state index contributed by atoms with van der Waals surface area (Å²) >= 11 is 0. The lowest BCUT2D eigenvalue weighted by Crippen LogP contribution is -2.43. The molecule has 160 valence electrons.